The number of hydrogen-bond acceptors (Lipinski definition) is 4. The number of aliphatic hydroxyl groups is 3. The number of alkyl halides is 2. The monoisotopic (exact) mass is 216 g/mol. The number of rotatable bonds is 0. The molecule has 0 spiro atoms. The van der Waals surface area contributed by atoms with E-state index in [0.29, 0.717) is 0 Å². The van der Waals surface area contributed by atoms with Crippen LogP contribution in [0.1, 0.15) is 13.3 Å². The van der Waals surface area contributed by atoms with Crippen molar-refractivity contribution in [2.45, 2.75) is 35.9 Å². The fourth-order valence-corrected chi connectivity index (χ4v) is 1.49. The third kappa shape index (κ3) is 1.55. The van der Waals surface area contributed by atoms with Gasteiger partial charge in [0.1, 0.15) is 6.10 Å². The van der Waals surface area contributed by atoms with Crippen LogP contribution in [-0.2, 0) is 4.74 Å². The molecule has 4 atom stereocenters. The normalized spacial score (nSPS) is 55.5. The lowest BCUT2D eigenvalue weighted by Crippen LogP contribution is -2.61. The largest absolute Gasteiger partial charge is 0.388 e. The van der Waals surface area contributed by atoms with Crippen molar-refractivity contribution in [1.29, 1.82) is 0 Å². The summed E-state index contributed by atoms with van der Waals surface area (Å²) in [6.07, 6.45) is -1.65. The van der Waals surface area contributed by atoms with Gasteiger partial charge in [0.05, 0.1) is 6.10 Å². The molecule has 1 rings (SSSR count). The van der Waals surface area contributed by atoms with Crippen LogP contribution in [0, 0.1) is 0 Å². The fraction of sp³-hybridized carbons (Fsp3) is 1.00. The van der Waals surface area contributed by atoms with Crippen LogP contribution < -0.4 is 0 Å². The summed E-state index contributed by atoms with van der Waals surface area (Å²) in [4.78, 5) is 0. The Labute approximate surface area is 79.7 Å². The van der Waals surface area contributed by atoms with Gasteiger partial charge < -0.3 is 20.1 Å². The van der Waals surface area contributed by atoms with E-state index in [-0.39, 0.29) is 6.42 Å². The standard InChI is InChI=1S/C6H10Cl2O4/c1-3-2-4(9)5(7,10)6(8,11)12-3/h3-4,9-11H,2H2,1H3/t3-,4+,5-,6?/m1/s1. The Balaban J connectivity index is 2.86. The Morgan fingerprint density at radius 1 is 1.42 bits per heavy atom. The zero-order valence-electron chi connectivity index (χ0n) is 6.37. The predicted octanol–water partition coefficient (Wildman–Crippen LogP) is -0.0316. The summed E-state index contributed by atoms with van der Waals surface area (Å²) in [7, 11) is 0. The van der Waals surface area contributed by atoms with Crippen LogP contribution in [0.5, 0.6) is 0 Å². The van der Waals surface area contributed by atoms with E-state index in [9.17, 15) is 15.3 Å². The van der Waals surface area contributed by atoms with Gasteiger partial charge >= 0.3 is 0 Å². The van der Waals surface area contributed by atoms with Gasteiger partial charge in [-0.25, -0.2) is 0 Å². The average molecular weight is 217 g/mol. The molecule has 0 saturated carbocycles. The van der Waals surface area contributed by atoms with Crippen LogP contribution in [0.4, 0.5) is 0 Å². The minimum absolute atomic E-state index is 0.120. The number of ether oxygens (including phenoxy) is 1. The number of halogens is 2. The minimum Gasteiger partial charge on any atom is -0.388 e. The highest BCUT2D eigenvalue weighted by Crippen LogP contribution is 2.41. The van der Waals surface area contributed by atoms with Gasteiger partial charge in [-0.3, -0.25) is 0 Å². The highest BCUT2D eigenvalue weighted by Gasteiger charge is 2.58. The molecule has 12 heavy (non-hydrogen) atoms. The van der Waals surface area contributed by atoms with Crippen LogP contribution in [-0.4, -0.2) is 37.8 Å². The molecular formula is C6H10Cl2O4. The molecule has 4 nitrogen and oxygen atoms in total. The summed E-state index contributed by atoms with van der Waals surface area (Å²) in [6.45, 7) is 1.60. The fourth-order valence-electron chi connectivity index (χ4n) is 1.07. The Hall–Kier alpha value is 0.420. The lowest BCUT2D eigenvalue weighted by molar-refractivity contribution is -0.289. The molecule has 1 aliphatic heterocycles. The van der Waals surface area contributed by atoms with E-state index in [1.165, 1.54) is 0 Å². The number of hydrogen-bond donors (Lipinski definition) is 3. The van der Waals surface area contributed by atoms with Crippen LogP contribution >= 0.6 is 23.2 Å². The molecule has 1 aliphatic rings. The summed E-state index contributed by atoms with van der Waals surface area (Å²) >= 11 is 10.7. The molecular weight excluding hydrogens is 207 g/mol. The van der Waals surface area contributed by atoms with Gasteiger partial charge in [-0.05, 0) is 6.92 Å². The van der Waals surface area contributed by atoms with E-state index < -0.39 is 22.5 Å². The first-order valence-electron chi connectivity index (χ1n) is 3.46. The molecule has 1 unspecified atom stereocenters. The summed E-state index contributed by atoms with van der Waals surface area (Å²) in [6, 6.07) is 0. The van der Waals surface area contributed by atoms with Gasteiger partial charge in [0.2, 0.25) is 5.06 Å². The molecule has 0 amide bonds. The first-order chi connectivity index (χ1) is 5.27. The summed E-state index contributed by atoms with van der Waals surface area (Å²) in [5.41, 5.74) is 0. The van der Waals surface area contributed by atoms with Crippen molar-refractivity contribution in [3.8, 4) is 0 Å². The van der Waals surface area contributed by atoms with E-state index in [4.69, 9.17) is 27.9 Å². The maximum absolute atomic E-state index is 9.30. The first-order valence-corrected chi connectivity index (χ1v) is 4.21. The molecule has 72 valence electrons. The SMILES string of the molecule is C[C@@H]1C[C@H](O)[C@](O)(Cl)C(O)(Cl)O1. The molecule has 0 aliphatic carbocycles. The van der Waals surface area contributed by atoms with Crippen molar-refractivity contribution in [3.05, 3.63) is 0 Å². The predicted molar refractivity (Wildman–Crippen MR) is 42.8 cm³/mol. The maximum atomic E-state index is 9.30. The molecule has 1 fully saturated rings. The van der Waals surface area contributed by atoms with E-state index >= 15 is 0 Å². The first kappa shape index (κ1) is 10.5. The van der Waals surface area contributed by atoms with E-state index in [2.05, 4.69) is 0 Å². The maximum Gasteiger partial charge on any atom is 0.293 e. The van der Waals surface area contributed by atoms with Crippen molar-refractivity contribution in [2.24, 2.45) is 0 Å². The summed E-state index contributed by atoms with van der Waals surface area (Å²) in [5.74, 6) is 0. The molecule has 0 aromatic carbocycles. The highest BCUT2D eigenvalue weighted by molar-refractivity contribution is 6.32. The Bertz CT molecular complexity index is 182. The van der Waals surface area contributed by atoms with E-state index in [0.717, 1.165) is 0 Å². The molecule has 1 saturated heterocycles. The third-order valence-electron chi connectivity index (χ3n) is 1.79. The second kappa shape index (κ2) is 2.97. The zero-order valence-corrected chi connectivity index (χ0v) is 7.88. The lowest BCUT2D eigenvalue weighted by Gasteiger charge is -2.43. The van der Waals surface area contributed by atoms with Crippen molar-refractivity contribution in [3.63, 3.8) is 0 Å². The van der Waals surface area contributed by atoms with Crippen LogP contribution in [0.25, 0.3) is 0 Å². The molecule has 1 heterocycles. The second-order valence-electron chi connectivity index (χ2n) is 2.91. The Morgan fingerprint density at radius 2 is 1.92 bits per heavy atom. The van der Waals surface area contributed by atoms with Gasteiger partial charge in [-0.1, -0.05) is 23.2 Å². The highest BCUT2D eigenvalue weighted by atomic mass is 35.5. The van der Waals surface area contributed by atoms with Gasteiger partial charge in [0, 0.05) is 6.42 Å². The number of aliphatic hydroxyl groups excluding tert-OH is 1. The van der Waals surface area contributed by atoms with E-state index in [1.54, 1.807) is 6.92 Å². The minimum atomic E-state index is -2.44. The van der Waals surface area contributed by atoms with E-state index in [1.807, 2.05) is 0 Å². The lowest BCUT2D eigenvalue weighted by atomic mass is 10.0. The smallest absolute Gasteiger partial charge is 0.293 e. The summed E-state index contributed by atoms with van der Waals surface area (Å²) < 4.78 is 4.74. The van der Waals surface area contributed by atoms with Crippen LogP contribution in [0.2, 0.25) is 0 Å². The van der Waals surface area contributed by atoms with Gasteiger partial charge in [-0.2, -0.15) is 0 Å². The Morgan fingerprint density at radius 3 is 2.33 bits per heavy atom. The zero-order chi connectivity index (χ0) is 9.57. The average Bonchev–Trinajstić information content (AvgIpc) is 1.82. The third-order valence-corrected chi connectivity index (χ3v) is 2.77. The van der Waals surface area contributed by atoms with Crippen LogP contribution in [0.15, 0.2) is 0 Å². The Kier molecular flexibility index (Phi) is 2.60. The molecule has 0 radical (unpaired) electrons. The van der Waals surface area contributed by atoms with Gasteiger partial charge in [0.15, 0.2) is 0 Å². The topological polar surface area (TPSA) is 69.9 Å². The molecule has 0 aromatic rings. The van der Waals surface area contributed by atoms with Crippen LogP contribution in [0.3, 0.4) is 0 Å². The van der Waals surface area contributed by atoms with Gasteiger partial charge in [0.25, 0.3) is 5.25 Å². The quantitative estimate of drug-likeness (QED) is 0.498. The molecule has 3 N–H and O–H groups in total. The van der Waals surface area contributed by atoms with Crippen molar-refractivity contribution in [2.75, 3.05) is 0 Å². The van der Waals surface area contributed by atoms with Crippen molar-refractivity contribution < 1.29 is 20.1 Å². The van der Waals surface area contributed by atoms with Crippen molar-refractivity contribution in [1.82, 2.24) is 0 Å². The molecule has 0 bridgehead atoms. The molecule has 6 heteroatoms. The second-order valence-corrected chi connectivity index (χ2v) is 4.00. The molecule has 0 aromatic heterocycles. The van der Waals surface area contributed by atoms with Gasteiger partial charge in [-0.15, -0.1) is 0 Å². The van der Waals surface area contributed by atoms with Crippen molar-refractivity contribution >= 4 is 23.2 Å². The summed E-state index contributed by atoms with van der Waals surface area (Å²) in [5, 5.41) is 23.0.